The van der Waals surface area contributed by atoms with Crippen molar-refractivity contribution in [2.75, 3.05) is 21.3 Å². The molecule has 3 aromatic rings. The molecule has 1 aliphatic rings. The number of hydrogen-bond acceptors (Lipinski definition) is 6. The first-order valence-electron chi connectivity index (χ1n) is 10.5. The molecule has 6 nitrogen and oxygen atoms in total. The van der Waals surface area contributed by atoms with Crippen LogP contribution < -0.4 is 5.32 Å². The second-order valence-corrected chi connectivity index (χ2v) is 8.49. The maximum Gasteiger partial charge on any atom is 0.334 e. The number of thiazole rings is 1. The third kappa shape index (κ3) is 8.62. The van der Waals surface area contributed by atoms with E-state index in [-0.39, 0.29) is 0 Å². The fourth-order valence-electron chi connectivity index (χ4n) is 2.99. The highest BCUT2D eigenvalue weighted by Gasteiger charge is 2.21. The van der Waals surface area contributed by atoms with Gasteiger partial charge < -0.3 is 20.3 Å². The Hall–Kier alpha value is -3.57. The van der Waals surface area contributed by atoms with E-state index in [2.05, 4.69) is 26.9 Å². The van der Waals surface area contributed by atoms with E-state index in [9.17, 15) is 9.90 Å². The number of phenolic OH excluding ortho intramolecular Hbond substituents is 1. The van der Waals surface area contributed by atoms with Crippen molar-refractivity contribution in [3.8, 4) is 17.6 Å². The molecular formula is C27H27ClN2O4S. The van der Waals surface area contributed by atoms with Gasteiger partial charge in [0.25, 0.3) is 0 Å². The lowest BCUT2D eigenvalue weighted by Crippen LogP contribution is -2.09. The molecule has 1 aromatic heterocycles. The Kier molecular flexibility index (Phi) is 11.0. The molecule has 0 fully saturated rings. The van der Waals surface area contributed by atoms with E-state index in [1.807, 2.05) is 35.7 Å². The molecular weight excluding hydrogens is 484 g/mol. The highest BCUT2D eigenvalue weighted by Crippen LogP contribution is 2.31. The molecule has 0 radical (unpaired) electrons. The molecule has 1 aliphatic carbocycles. The average molecular weight is 511 g/mol. The first-order valence-corrected chi connectivity index (χ1v) is 11.8. The van der Waals surface area contributed by atoms with E-state index in [0.717, 1.165) is 28.0 Å². The zero-order valence-electron chi connectivity index (χ0n) is 19.9. The van der Waals surface area contributed by atoms with Crippen molar-refractivity contribution in [2.45, 2.75) is 13.3 Å². The number of rotatable bonds is 3. The summed E-state index contributed by atoms with van der Waals surface area (Å²) in [5.41, 5.74) is 7.30. The van der Waals surface area contributed by atoms with E-state index in [4.69, 9.17) is 16.7 Å². The zero-order valence-corrected chi connectivity index (χ0v) is 21.5. The number of phenols is 1. The Morgan fingerprint density at radius 3 is 2.34 bits per heavy atom. The number of benzene rings is 2. The molecule has 0 amide bonds. The van der Waals surface area contributed by atoms with Gasteiger partial charge in [0.05, 0.1) is 11.1 Å². The number of nitrogens with zero attached hydrogens (tertiary/aromatic N) is 1. The average Bonchev–Trinajstić information content (AvgIpc) is 3.52. The fourth-order valence-corrected chi connectivity index (χ4v) is 3.70. The van der Waals surface area contributed by atoms with Gasteiger partial charge in [0, 0.05) is 49.4 Å². The van der Waals surface area contributed by atoms with Crippen LogP contribution in [-0.4, -0.2) is 42.4 Å². The van der Waals surface area contributed by atoms with Crippen molar-refractivity contribution in [3.63, 3.8) is 0 Å². The molecule has 8 heteroatoms. The Labute approximate surface area is 214 Å². The Bertz CT molecular complexity index is 1250. The van der Waals surface area contributed by atoms with Crippen LogP contribution in [-0.2, 0) is 9.53 Å². The highest BCUT2D eigenvalue weighted by molar-refractivity contribution is 7.07. The van der Waals surface area contributed by atoms with Crippen LogP contribution in [0.1, 0.15) is 28.8 Å². The van der Waals surface area contributed by atoms with Gasteiger partial charge in [0.1, 0.15) is 11.4 Å². The van der Waals surface area contributed by atoms with E-state index in [0.29, 0.717) is 28.5 Å². The maximum absolute atomic E-state index is 11.2. The summed E-state index contributed by atoms with van der Waals surface area (Å²) in [6.45, 7) is 1.81. The van der Waals surface area contributed by atoms with Crippen LogP contribution in [0.25, 0.3) is 5.57 Å². The SMILES string of the molecule is CNC1=C(C(=O)O)CC(c2ccc(C#Cc3cscn3)cc2)=C1.COC.Cc1cc(Cl)ccc1O. The molecule has 0 spiro atoms. The molecule has 2 aromatic carbocycles. The van der Waals surface area contributed by atoms with Crippen LogP contribution in [0.4, 0.5) is 0 Å². The number of aromatic hydroxyl groups is 1. The monoisotopic (exact) mass is 510 g/mol. The summed E-state index contributed by atoms with van der Waals surface area (Å²) in [5, 5.41) is 23.7. The largest absolute Gasteiger partial charge is 0.508 e. The van der Waals surface area contributed by atoms with Crippen molar-refractivity contribution in [3.05, 3.63) is 98.1 Å². The van der Waals surface area contributed by atoms with E-state index in [1.54, 1.807) is 51.9 Å². The quantitative estimate of drug-likeness (QED) is 0.403. The number of aromatic nitrogens is 1. The number of aliphatic carboxylic acids is 1. The number of halogens is 1. The summed E-state index contributed by atoms with van der Waals surface area (Å²) in [5.74, 6) is 5.48. The molecule has 0 saturated carbocycles. The number of likely N-dealkylation sites (N-methyl/N-ethyl adjacent to an activating group) is 1. The van der Waals surface area contributed by atoms with E-state index in [1.165, 1.54) is 11.3 Å². The Morgan fingerprint density at radius 1 is 1.17 bits per heavy atom. The number of allylic oxidation sites excluding steroid dienone is 2. The van der Waals surface area contributed by atoms with Crippen LogP contribution in [0.15, 0.2) is 70.7 Å². The van der Waals surface area contributed by atoms with E-state index < -0.39 is 5.97 Å². The van der Waals surface area contributed by atoms with E-state index >= 15 is 0 Å². The topological polar surface area (TPSA) is 91.7 Å². The second kappa shape index (κ2) is 14.0. The summed E-state index contributed by atoms with van der Waals surface area (Å²) < 4.78 is 4.25. The zero-order chi connectivity index (χ0) is 25.8. The number of carbonyl (C=O) groups is 1. The third-order valence-electron chi connectivity index (χ3n) is 4.72. The summed E-state index contributed by atoms with van der Waals surface area (Å²) >= 11 is 7.12. The number of methoxy groups -OCH3 is 1. The lowest BCUT2D eigenvalue weighted by atomic mass is 10.0. The predicted octanol–water partition coefficient (Wildman–Crippen LogP) is 5.50. The van der Waals surface area contributed by atoms with Gasteiger partial charge in [-0.25, -0.2) is 9.78 Å². The molecule has 0 unspecified atom stereocenters. The van der Waals surface area contributed by atoms with Gasteiger partial charge in [-0.2, -0.15) is 0 Å². The summed E-state index contributed by atoms with van der Waals surface area (Å²) in [6.07, 6.45) is 2.31. The van der Waals surface area contributed by atoms with Gasteiger partial charge >= 0.3 is 5.97 Å². The molecule has 35 heavy (non-hydrogen) atoms. The standard InChI is InChI=1S/C18H14N2O2S.C7H7ClO.C2H6O/c1-19-17-9-14(8-16(17)18(21)22)13-5-2-12(3-6-13)4-7-15-10-23-11-20-15;1-5-4-6(8)2-3-7(5)9;1-3-2/h2-3,5-6,9-11,19H,8H2,1H3,(H,21,22);2-4,9H,1H3;1-2H3. The first-order chi connectivity index (χ1) is 16.8. The highest BCUT2D eigenvalue weighted by atomic mass is 35.5. The lowest BCUT2D eigenvalue weighted by Gasteiger charge is -2.03. The van der Waals surface area contributed by atoms with Crippen molar-refractivity contribution < 1.29 is 19.7 Å². The van der Waals surface area contributed by atoms with Crippen molar-refractivity contribution in [1.29, 1.82) is 0 Å². The van der Waals surface area contributed by atoms with Gasteiger partial charge in [0.15, 0.2) is 0 Å². The minimum Gasteiger partial charge on any atom is -0.508 e. The molecule has 1 heterocycles. The molecule has 4 rings (SSSR count). The van der Waals surface area contributed by atoms with Crippen molar-refractivity contribution in [1.82, 2.24) is 10.3 Å². The number of nitrogens with one attached hydrogen (secondary N) is 1. The Balaban J connectivity index is 0.000000299. The Morgan fingerprint density at radius 2 is 1.86 bits per heavy atom. The minimum atomic E-state index is -0.883. The second-order valence-electron chi connectivity index (χ2n) is 7.33. The number of aryl methyl sites for hydroxylation is 1. The van der Waals surface area contributed by atoms with Crippen molar-refractivity contribution in [2.24, 2.45) is 0 Å². The first kappa shape index (κ1) is 27.7. The maximum atomic E-state index is 11.2. The molecule has 0 saturated heterocycles. The number of carboxylic acid groups (broad SMARTS) is 1. The molecule has 0 atom stereocenters. The molecule has 0 bridgehead atoms. The fraction of sp³-hybridized carbons (Fsp3) is 0.185. The number of hydrogen-bond donors (Lipinski definition) is 3. The molecule has 3 N–H and O–H groups in total. The molecule has 182 valence electrons. The lowest BCUT2D eigenvalue weighted by molar-refractivity contribution is -0.132. The summed E-state index contributed by atoms with van der Waals surface area (Å²) in [7, 11) is 4.98. The van der Waals surface area contributed by atoms with Crippen LogP contribution in [0.5, 0.6) is 5.75 Å². The molecule has 0 aliphatic heterocycles. The normalized spacial score (nSPS) is 11.7. The summed E-state index contributed by atoms with van der Waals surface area (Å²) in [6, 6.07) is 12.8. The summed E-state index contributed by atoms with van der Waals surface area (Å²) in [4.78, 5) is 15.4. The smallest absolute Gasteiger partial charge is 0.334 e. The van der Waals surface area contributed by atoms with Gasteiger partial charge in [-0.1, -0.05) is 29.7 Å². The van der Waals surface area contributed by atoms with Crippen LogP contribution in [0.3, 0.4) is 0 Å². The van der Waals surface area contributed by atoms with Crippen LogP contribution >= 0.6 is 22.9 Å². The minimum absolute atomic E-state index is 0.291. The van der Waals surface area contributed by atoms with Gasteiger partial charge in [0.2, 0.25) is 0 Å². The van der Waals surface area contributed by atoms with Crippen molar-refractivity contribution >= 4 is 34.5 Å². The predicted molar refractivity (Wildman–Crippen MR) is 142 cm³/mol. The van der Waals surface area contributed by atoms with Crippen LogP contribution in [0.2, 0.25) is 5.02 Å². The van der Waals surface area contributed by atoms with Gasteiger partial charge in [-0.3, -0.25) is 0 Å². The van der Waals surface area contributed by atoms with Gasteiger partial charge in [-0.15, -0.1) is 11.3 Å². The van der Waals surface area contributed by atoms with Crippen LogP contribution in [0, 0.1) is 18.8 Å². The number of ether oxygens (including phenoxy) is 1. The van der Waals surface area contributed by atoms with Gasteiger partial charge in [-0.05, 0) is 66.0 Å². The third-order valence-corrected chi connectivity index (χ3v) is 5.54. The number of carboxylic acids is 1.